The Bertz CT molecular complexity index is 648. The zero-order valence-electron chi connectivity index (χ0n) is 12.3. The standard InChI is InChI=1S/C14H19N5OS/c1-10-7-11-13(16-9-17-14(11)21-10)19-5-3-18(4-6-19)8-12(20)15-2/h7,9H,3-6,8H2,1-2H3,(H,15,20). The largest absolute Gasteiger partial charge is 0.358 e. The van der Waals surface area contributed by atoms with Gasteiger partial charge in [0.1, 0.15) is 17.0 Å². The molecule has 0 spiro atoms. The quantitative estimate of drug-likeness (QED) is 0.911. The summed E-state index contributed by atoms with van der Waals surface area (Å²) in [5.41, 5.74) is 0. The van der Waals surface area contributed by atoms with Crippen LogP contribution in [0.2, 0.25) is 0 Å². The van der Waals surface area contributed by atoms with Gasteiger partial charge in [0.25, 0.3) is 0 Å². The van der Waals surface area contributed by atoms with E-state index in [2.05, 4.69) is 38.1 Å². The number of anilines is 1. The van der Waals surface area contributed by atoms with Crippen LogP contribution >= 0.6 is 11.3 Å². The monoisotopic (exact) mass is 305 g/mol. The predicted molar refractivity (Wildman–Crippen MR) is 84.9 cm³/mol. The van der Waals surface area contributed by atoms with Crippen LogP contribution in [0.5, 0.6) is 0 Å². The summed E-state index contributed by atoms with van der Waals surface area (Å²) in [6, 6.07) is 2.16. The number of piperazine rings is 1. The van der Waals surface area contributed by atoms with E-state index in [1.165, 1.54) is 4.88 Å². The second kappa shape index (κ2) is 5.95. The number of thiophene rings is 1. The molecule has 7 heteroatoms. The average molecular weight is 305 g/mol. The van der Waals surface area contributed by atoms with Crippen molar-refractivity contribution in [3.63, 3.8) is 0 Å². The molecule has 1 saturated heterocycles. The van der Waals surface area contributed by atoms with E-state index in [-0.39, 0.29) is 5.91 Å². The lowest BCUT2D eigenvalue weighted by Gasteiger charge is -2.35. The van der Waals surface area contributed by atoms with E-state index in [9.17, 15) is 4.79 Å². The molecule has 1 N–H and O–H groups in total. The Kier molecular flexibility index (Phi) is 4.03. The van der Waals surface area contributed by atoms with E-state index >= 15 is 0 Å². The van der Waals surface area contributed by atoms with Crippen LogP contribution in [-0.4, -0.2) is 60.5 Å². The third kappa shape index (κ3) is 2.98. The van der Waals surface area contributed by atoms with Gasteiger partial charge in [-0.15, -0.1) is 11.3 Å². The lowest BCUT2D eigenvalue weighted by Crippen LogP contribution is -2.49. The van der Waals surface area contributed by atoms with E-state index in [4.69, 9.17) is 0 Å². The maximum Gasteiger partial charge on any atom is 0.233 e. The molecule has 3 rings (SSSR count). The molecule has 6 nitrogen and oxygen atoms in total. The Labute approximate surface area is 127 Å². The molecule has 112 valence electrons. The molecular weight excluding hydrogens is 286 g/mol. The topological polar surface area (TPSA) is 61.4 Å². The van der Waals surface area contributed by atoms with Crippen LogP contribution in [0, 0.1) is 6.92 Å². The number of hydrogen-bond acceptors (Lipinski definition) is 6. The predicted octanol–water partition coefficient (Wildman–Crippen LogP) is 0.868. The van der Waals surface area contributed by atoms with E-state index in [0.29, 0.717) is 6.54 Å². The van der Waals surface area contributed by atoms with Crippen LogP contribution < -0.4 is 10.2 Å². The van der Waals surface area contributed by atoms with E-state index in [1.54, 1.807) is 24.7 Å². The Morgan fingerprint density at radius 2 is 2.10 bits per heavy atom. The lowest BCUT2D eigenvalue weighted by molar-refractivity contribution is -0.121. The molecule has 0 unspecified atom stereocenters. The second-order valence-electron chi connectivity index (χ2n) is 5.21. The number of carbonyl (C=O) groups is 1. The van der Waals surface area contributed by atoms with Crippen molar-refractivity contribution in [3.05, 3.63) is 17.3 Å². The lowest BCUT2D eigenvalue weighted by atomic mass is 10.2. The first-order valence-corrected chi connectivity index (χ1v) is 7.88. The van der Waals surface area contributed by atoms with Crippen molar-refractivity contribution in [2.45, 2.75) is 6.92 Å². The molecule has 0 radical (unpaired) electrons. The van der Waals surface area contributed by atoms with Crippen LogP contribution in [0.25, 0.3) is 10.2 Å². The number of hydrogen-bond donors (Lipinski definition) is 1. The highest BCUT2D eigenvalue weighted by Gasteiger charge is 2.21. The van der Waals surface area contributed by atoms with Crippen LogP contribution in [0.1, 0.15) is 4.88 Å². The fourth-order valence-electron chi connectivity index (χ4n) is 2.62. The SMILES string of the molecule is CNC(=O)CN1CCN(c2ncnc3sc(C)cc23)CC1. The fourth-order valence-corrected chi connectivity index (χ4v) is 3.46. The fraction of sp³-hybridized carbons (Fsp3) is 0.500. The summed E-state index contributed by atoms with van der Waals surface area (Å²) in [6.07, 6.45) is 1.64. The van der Waals surface area contributed by atoms with Crippen molar-refractivity contribution in [3.8, 4) is 0 Å². The summed E-state index contributed by atoms with van der Waals surface area (Å²) in [4.78, 5) is 27.0. The molecule has 1 amide bonds. The number of likely N-dealkylation sites (N-methyl/N-ethyl adjacent to an activating group) is 1. The molecule has 0 aliphatic carbocycles. The number of carbonyl (C=O) groups excluding carboxylic acids is 1. The number of aryl methyl sites for hydroxylation is 1. The van der Waals surface area contributed by atoms with Gasteiger partial charge in [0.15, 0.2) is 0 Å². The first-order valence-electron chi connectivity index (χ1n) is 7.06. The van der Waals surface area contributed by atoms with Gasteiger partial charge in [0, 0.05) is 38.1 Å². The highest BCUT2D eigenvalue weighted by molar-refractivity contribution is 7.18. The normalized spacial score (nSPS) is 16.4. The van der Waals surface area contributed by atoms with Gasteiger partial charge < -0.3 is 10.2 Å². The second-order valence-corrected chi connectivity index (χ2v) is 6.44. The van der Waals surface area contributed by atoms with Gasteiger partial charge in [0.2, 0.25) is 5.91 Å². The van der Waals surface area contributed by atoms with Crippen molar-refractivity contribution in [1.29, 1.82) is 0 Å². The minimum atomic E-state index is 0.0707. The Morgan fingerprint density at radius 1 is 1.33 bits per heavy atom. The third-order valence-electron chi connectivity index (χ3n) is 3.75. The minimum absolute atomic E-state index is 0.0707. The number of aromatic nitrogens is 2. The Morgan fingerprint density at radius 3 is 2.81 bits per heavy atom. The molecule has 1 aliphatic rings. The first kappa shape index (κ1) is 14.2. The summed E-state index contributed by atoms with van der Waals surface area (Å²) in [5.74, 6) is 1.09. The third-order valence-corrected chi connectivity index (χ3v) is 4.71. The Hall–Kier alpha value is -1.73. The molecule has 3 heterocycles. The molecule has 1 fully saturated rings. The van der Waals surface area contributed by atoms with Gasteiger partial charge in [-0.25, -0.2) is 9.97 Å². The van der Waals surface area contributed by atoms with Crippen LogP contribution in [0.4, 0.5) is 5.82 Å². The summed E-state index contributed by atoms with van der Waals surface area (Å²) < 4.78 is 0. The molecule has 0 bridgehead atoms. The number of nitrogens with zero attached hydrogens (tertiary/aromatic N) is 4. The maximum atomic E-state index is 11.4. The van der Waals surface area contributed by atoms with Crippen molar-refractivity contribution >= 4 is 33.3 Å². The van der Waals surface area contributed by atoms with Crippen molar-refractivity contribution in [1.82, 2.24) is 20.2 Å². The zero-order chi connectivity index (χ0) is 14.8. The zero-order valence-corrected chi connectivity index (χ0v) is 13.1. The molecule has 2 aromatic heterocycles. The smallest absolute Gasteiger partial charge is 0.233 e. The summed E-state index contributed by atoms with van der Waals surface area (Å²) >= 11 is 1.70. The van der Waals surface area contributed by atoms with Gasteiger partial charge in [-0.2, -0.15) is 0 Å². The molecule has 21 heavy (non-hydrogen) atoms. The molecule has 0 saturated carbocycles. The molecule has 2 aromatic rings. The minimum Gasteiger partial charge on any atom is -0.358 e. The highest BCUT2D eigenvalue weighted by atomic mass is 32.1. The number of fused-ring (bicyclic) bond motifs is 1. The van der Waals surface area contributed by atoms with Gasteiger partial charge in [-0.3, -0.25) is 9.69 Å². The average Bonchev–Trinajstić information content (AvgIpc) is 2.88. The number of nitrogens with one attached hydrogen (secondary N) is 1. The summed E-state index contributed by atoms with van der Waals surface area (Å²) in [5, 5.41) is 3.81. The van der Waals surface area contributed by atoms with Crippen LogP contribution in [-0.2, 0) is 4.79 Å². The summed E-state index contributed by atoms with van der Waals surface area (Å²) in [6.45, 7) is 6.10. The van der Waals surface area contributed by atoms with E-state index in [1.807, 2.05) is 0 Å². The van der Waals surface area contributed by atoms with Crippen LogP contribution in [0.15, 0.2) is 12.4 Å². The number of amides is 1. The van der Waals surface area contributed by atoms with Gasteiger partial charge in [-0.1, -0.05) is 0 Å². The van der Waals surface area contributed by atoms with Crippen molar-refractivity contribution < 1.29 is 4.79 Å². The number of rotatable bonds is 3. The van der Waals surface area contributed by atoms with Gasteiger partial charge in [0.05, 0.1) is 11.9 Å². The van der Waals surface area contributed by atoms with Gasteiger partial charge >= 0.3 is 0 Å². The maximum absolute atomic E-state index is 11.4. The summed E-state index contributed by atoms with van der Waals surface area (Å²) in [7, 11) is 1.68. The van der Waals surface area contributed by atoms with E-state index in [0.717, 1.165) is 42.2 Å². The molecule has 1 aliphatic heterocycles. The highest BCUT2D eigenvalue weighted by Crippen LogP contribution is 2.30. The van der Waals surface area contributed by atoms with Crippen molar-refractivity contribution in [2.24, 2.45) is 0 Å². The van der Waals surface area contributed by atoms with E-state index < -0.39 is 0 Å². The Balaban J connectivity index is 1.72. The molecular formula is C14H19N5OS. The molecule has 0 aromatic carbocycles. The van der Waals surface area contributed by atoms with Crippen molar-refractivity contribution in [2.75, 3.05) is 44.7 Å². The van der Waals surface area contributed by atoms with Gasteiger partial charge in [-0.05, 0) is 13.0 Å². The van der Waals surface area contributed by atoms with Crippen LogP contribution in [0.3, 0.4) is 0 Å². The molecule has 0 atom stereocenters. The first-order chi connectivity index (χ1) is 10.2.